The maximum absolute atomic E-state index is 12.6. The molecule has 7 nitrogen and oxygen atoms in total. The highest BCUT2D eigenvalue weighted by Gasteiger charge is 2.19. The van der Waals surface area contributed by atoms with E-state index < -0.39 is 6.10 Å². The van der Waals surface area contributed by atoms with Crippen LogP contribution in [0.3, 0.4) is 0 Å². The Balaban J connectivity index is 1.54. The second kappa shape index (κ2) is 9.09. The molecule has 2 heterocycles. The first-order valence-electron chi connectivity index (χ1n) is 10.5. The predicted octanol–water partition coefficient (Wildman–Crippen LogP) is 4.13. The van der Waals surface area contributed by atoms with Crippen LogP contribution in [0.4, 0.5) is 0 Å². The van der Waals surface area contributed by atoms with Crippen molar-refractivity contribution in [2.75, 3.05) is 7.11 Å². The number of hydrogen-bond donors (Lipinski definition) is 1. The van der Waals surface area contributed by atoms with Crippen molar-refractivity contribution in [3.05, 3.63) is 77.5 Å². The molecule has 0 saturated carbocycles. The number of nitrogens with zero attached hydrogens (tertiary/aromatic N) is 3. The second-order valence-corrected chi connectivity index (χ2v) is 7.60. The highest BCUT2D eigenvalue weighted by atomic mass is 16.5. The number of benzene rings is 2. The molecule has 164 valence electrons. The predicted molar refractivity (Wildman–Crippen MR) is 123 cm³/mol. The number of carbonyl (C=O) groups excluding carboxylic acids is 1. The summed E-state index contributed by atoms with van der Waals surface area (Å²) in [6, 6.07) is 19.2. The van der Waals surface area contributed by atoms with Gasteiger partial charge in [0.1, 0.15) is 5.75 Å². The van der Waals surface area contributed by atoms with Crippen LogP contribution in [0.15, 0.2) is 60.7 Å². The molecule has 0 spiro atoms. The third kappa shape index (κ3) is 4.27. The van der Waals surface area contributed by atoms with E-state index in [0.717, 1.165) is 33.6 Å². The summed E-state index contributed by atoms with van der Waals surface area (Å²) in [4.78, 5) is 17.3. The molecular formula is C25H26N4O3. The topological polar surface area (TPSA) is 78.3 Å². The van der Waals surface area contributed by atoms with E-state index in [-0.39, 0.29) is 5.91 Å². The number of hydrogen-bond acceptors (Lipinski definition) is 5. The normalized spacial score (nSPS) is 11.9. The lowest BCUT2D eigenvalue weighted by molar-refractivity contribution is -0.127. The van der Waals surface area contributed by atoms with Crippen LogP contribution in [-0.2, 0) is 11.3 Å². The molecular weight excluding hydrogens is 404 g/mol. The summed E-state index contributed by atoms with van der Waals surface area (Å²) in [5, 5.41) is 8.54. The van der Waals surface area contributed by atoms with Crippen LogP contribution in [0.5, 0.6) is 11.6 Å². The maximum Gasteiger partial charge on any atom is 0.261 e. The van der Waals surface area contributed by atoms with Gasteiger partial charge in [0.2, 0.25) is 5.88 Å². The van der Waals surface area contributed by atoms with Gasteiger partial charge in [-0.2, -0.15) is 10.1 Å². The van der Waals surface area contributed by atoms with E-state index in [0.29, 0.717) is 18.1 Å². The molecule has 2 aromatic carbocycles. The molecule has 0 aliphatic rings. The van der Waals surface area contributed by atoms with Gasteiger partial charge in [0.15, 0.2) is 11.8 Å². The summed E-state index contributed by atoms with van der Waals surface area (Å²) in [7, 11) is 1.61. The average Bonchev–Trinajstić information content (AvgIpc) is 3.14. The minimum absolute atomic E-state index is 0.233. The molecule has 1 N–H and O–H groups in total. The van der Waals surface area contributed by atoms with Gasteiger partial charge in [-0.15, -0.1) is 0 Å². The van der Waals surface area contributed by atoms with Gasteiger partial charge in [-0.1, -0.05) is 36.4 Å². The zero-order valence-electron chi connectivity index (χ0n) is 18.6. The average molecular weight is 431 g/mol. The molecule has 0 fully saturated rings. The quantitative estimate of drug-likeness (QED) is 0.477. The van der Waals surface area contributed by atoms with E-state index in [1.807, 2.05) is 74.5 Å². The first-order valence-corrected chi connectivity index (χ1v) is 10.5. The smallest absolute Gasteiger partial charge is 0.261 e. The number of fused-ring (bicyclic) bond motifs is 1. The molecule has 0 bridgehead atoms. The van der Waals surface area contributed by atoms with Crippen molar-refractivity contribution in [2.45, 2.75) is 33.4 Å². The number of amides is 1. The molecule has 0 saturated heterocycles. The van der Waals surface area contributed by atoms with Gasteiger partial charge >= 0.3 is 0 Å². The zero-order valence-corrected chi connectivity index (χ0v) is 18.6. The largest absolute Gasteiger partial charge is 0.496 e. The van der Waals surface area contributed by atoms with E-state index in [9.17, 15) is 4.79 Å². The zero-order chi connectivity index (χ0) is 22.7. The van der Waals surface area contributed by atoms with Crippen LogP contribution in [0.25, 0.3) is 16.7 Å². The summed E-state index contributed by atoms with van der Waals surface area (Å²) < 4.78 is 13.1. The molecule has 1 unspecified atom stereocenters. The Morgan fingerprint density at radius 3 is 2.56 bits per heavy atom. The van der Waals surface area contributed by atoms with Gasteiger partial charge in [0.25, 0.3) is 5.91 Å². The van der Waals surface area contributed by atoms with E-state index >= 15 is 0 Å². The third-order valence-corrected chi connectivity index (χ3v) is 5.30. The Morgan fingerprint density at radius 1 is 1.09 bits per heavy atom. The third-order valence-electron chi connectivity index (χ3n) is 5.30. The highest BCUT2D eigenvalue weighted by Crippen LogP contribution is 2.27. The first kappa shape index (κ1) is 21.4. The van der Waals surface area contributed by atoms with Crippen molar-refractivity contribution in [1.82, 2.24) is 20.1 Å². The molecule has 7 heteroatoms. The van der Waals surface area contributed by atoms with Crippen LogP contribution in [0.2, 0.25) is 0 Å². The van der Waals surface area contributed by atoms with Gasteiger partial charge in [0.05, 0.1) is 18.5 Å². The number of aryl methyl sites for hydroxylation is 2. The Hall–Kier alpha value is -3.87. The van der Waals surface area contributed by atoms with Crippen molar-refractivity contribution in [3.8, 4) is 17.3 Å². The number of rotatable bonds is 7. The lowest BCUT2D eigenvalue weighted by Crippen LogP contribution is -2.36. The summed E-state index contributed by atoms with van der Waals surface area (Å²) in [6.07, 6.45) is -0.719. The fourth-order valence-electron chi connectivity index (χ4n) is 3.69. The summed E-state index contributed by atoms with van der Waals surface area (Å²) >= 11 is 0. The van der Waals surface area contributed by atoms with Crippen LogP contribution >= 0.6 is 0 Å². The molecule has 1 atom stereocenters. The second-order valence-electron chi connectivity index (χ2n) is 7.60. The molecule has 0 aliphatic heterocycles. The van der Waals surface area contributed by atoms with Gasteiger partial charge in [0, 0.05) is 23.6 Å². The Labute approximate surface area is 187 Å². The molecule has 32 heavy (non-hydrogen) atoms. The number of methoxy groups -OCH3 is 1. The van der Waals surface area contributed by atoms with E-state index in [2.05, 4.69) is 15.4 Å². The fraction of sp³-hybridized carbons (Fsp3) is 0.240. The van der Waals surface area contributed by atoms with Crippen molar-refractivity contribution in [3.63, 3.8) is 0 Å². The van der Waals surface area contributed by atoms with Gasteiger partial charge in [-0.05, 0) is 44.5 Å². The Kier molecular flexibility index (Phi) is 6.07. The molecule has 0 aliphatic carbocycles. The lowest BCUT2D eigenvalue weighted by atomic mass is 10.1. The minimum Gasteiger partial charge on any atom is -0.496 e. The molecule has 1 amide bonds. The highest BCUT2D eigenvalue weighted by molar-refractivity contribution is 5.84. The molecule has 2 aromatic heterocycles. The lowest BCUT2D eigenvalue weighted by Gasteiger charge is -2.16. The fourth-order valence-corrected chi connectivity index (χ4v) is 3.69. The van der Waals surface area contributed by atoms with E-state index in [4.69, 9.17) is 9.47 Å². The molecule has 4 aromatic rings. The van der Waals surface area contributed by atoms with E-state index in [1.165, 1.54) is 0 Å². The monoisotopic (exact) mass is 430 g/mol. The van der Waals surface area contributed by atoms with Crippen LogP contribution in [0.1, 0.15) is 23.7 Å². The SMILES string of the molecule is COc1ccccc1CNC(=O)C(C)Oc1cc(C)c2c(C)nn(-c3ccccc3)c2n1. The summed E-state index contributed by atoms with van der Waals surface area (Å²) in [6.45, 7) is 6.01. The van der Waals surface area contributed by atoms with Crippen molar-refractivity contribution < 1.29 is 14.3 Å². The minimum atomic E-state index is -0.719. The molecule has 4 rings (SSSR count). The van der Waals surface area contributed by atoms with Crippen molar-refractivity contribution >= 4 is 16.9 Å². The van der Waals surface area contributed by atoms with Gasteiger partial charge < -0.3 is 14.8 Å². The number of carbonyl (C=O) groups is 1. The Bertz CT molecular complexity index is 1250. The number of nitrogens with one attached hydrogen (secondary N) is 1. The number of para-hydroxylation sites is 2. The van der Waals surface area contributed by atoms with Crippen LogP contribution < -0.4 is 14.8 Å². The van der Waals surface area contributed by atoms with Gasteiger partial charge in [-0.3, -0.25) is 4.79 Å². The van der Waals surface area contributed by atoms with Crippen molar-refractivity contribution in [1.29, 1.82) is 0 Å². The number of aromatic nitrogens is 3. The van der Waals surface area contributed by atoms with Gasteiger partial charge in [-0.25, -0.2) is 4.68 Å². The van der Waals surface area contributed by atoms with Crippen molar-refractivity contribution in [2.24, 2.45) is 0 Å². The summed E-state index contributed by atoms with van der Waals surface area (Å²) in [5.74, 6) is 0.879. The number of ether oxygens (including phenoxy) is 2. The standard InChI is InChI=1S/C25H26N4O3/c1-16-14-22(27-24-23(16)17(2)28-29(24)20-11-6-5-7-12-20)32-18(3)25(30)26-15-19-10-8-9-13-21(19)31-4/h5-14,18H,15H2,1-4H3,(H,26,30). The first-order chi connectivity index (χ1) is 15.5. The molecule has 0 radical (unpaired) electrons. The van der Waals surface area contributed by atoms with E-state index in [1.54, 1.807) is 18.7 Å². The van der Waals surface area contributed by atoms with Crippen LogP contribution in [0, 0.1) is 13.8 Å². The Morgan fingerprint density at radius 2 is 1.81 bits per heavy atom. The summed E-state index contributed by atoms with van der Waals surface area (Å²) in [5.41, 5.74) is 4.39. The maximum atomic E-state index is 12.6. The number of pyridine rings is 1. The van der Waals surface area contributed by atoms with Crippen LogP contribution in [-0.4, -0.2) is 33.9 Å².